The van der Waals surface area contributed by atoms with Crippen molar-refractivity contribution < 1.29 is 22.7 Å². The summed E-state index contributed by atoms with van der Waals surface area (Å²) in [4.78, 5) is 27.5. The number of aryl methyl sites for hydroxylation is 1. The van der Waals surface area contributed by atoms with Crippen molar-refractivity contribution in [1.82, 2.24) is 14.5 Å². The van der Waals surface area contributed by atoms with Gasteiger partial charge < -0.3 is 15.0 Å². The second kappa shape index (κ2) is 10.2. The van der Waals surface area contributed by atoms with E-state index in [1.165, 1.54) is 20.2 Å². The Morgan fingerprint density at radius 1 is 1.03 bits per heavy atom. The third-order valence-electron chi connectivity index (χ3n) is 6.00. The molecule has 2 atom stereocenters. The van der Waals surface area contributed by atoms with Gasteiger partial charge in [0, 0.05) is 44.9 Å². The number of carbonyl (C=O) groups excluding carboxylic acids is 2. The molecule has 1 N–H and O–H groups in total. The predicted molar refractivity (Wildman–Crippen MR) is 130 cm³/mol. The van der Waals surface area contributed by atoms with Gasteiger partial charge in [-0.3, -0.25) is 9.59 Å². The molecule has 2 aromatic carbocycles. The highest BCUT2D eigenvalue weighted by atomic mass is 32.2. The van der Waals surface area contributed by atoms with E-state index < -0.39 is 10.0 Å². The van der Waals surface area contributed by atoms with E-state index in [-0.39, 0.29) is 41.0 Å². The van der Waals surface area contributed by atoms with E-state index in [4.69, 9.17) is 4.74 Å². The quantitative estimate of drug-likeness (QED) is 0.676. The van der Waals surface area contributed by atoms with E-state index in [0.717, 1.165) is 15.4 Å². The molecule has 1 fully saturated rings. The molecule has 184 valence electrons. The molecule has 3 rings (SSSR count). The van der Waals surface area contributed by atoms with Crippen LogP contribution in [-0.4, -0.2) is 68.8 Å². The van der Waals surface area contributed by atoms with E-state index in [2.05, 4.69) is 5.32 Å². The standard InChI is InChI=1S/C25H33N3O5S/c1-16-11-22(12-23(19(16)4)34(31,32)27(5)6)24(29)26-13-20-7-9-21(10-8-20)25(30)28-14-17(2)33-18(3)15-28/h7-12,17-18H,13-15H2,1-6H3,(H,26,29). The summed E-state index contributed by atoms with van der Waals surface area (Å²) < 4.78 is 32.1. The molecular weight excluding hydrogens is 454 g/mol. The molecule has 0 bridgehead atoms. The van der Waals surface area contributed by atoms with Crippen molar-refractivity contribution >= 4 is 21.8 Å². The fourth-order valence-electron chi connectivity index (χ4n) is 4.00. The van der Waals surface area contributed by atoms with Gasteiger partial charge >= 0.3 is 0 Å². The van der Waals surface area contributed by atoms with Crippen molar-refractivity contribution in [2.75, 3.05) is 27.2 Å². The van der Waals surface area contributed by atoms with Gasteiger partial charge in [0.05, 0.1) is 17.1 Å². The maximum absolute atomic E-state index is 12.8. The van der Waals surface area contributed by atoms with Crippen LogP contribution >= 0.6 is 0 Å². The molecule has 0 aliphatic carbocycles. The van der Waals surface area contributed by atoms with Gasteiger partial charge in [0.1, 0.15) is 0 Å². The van der Waals surface area contributed by atoms with Gasteiger partial charge in [-0.2, -0.15) is 0 Å². The summed E-state index contributed by atoms with van der Waals surface area (Å²) in [6.45, 7) is 8.79. The fourth-order valence-corrected chi connectivity index (χ4v) is 5.22. The van der Waals surface area contributed by atoms with Gasteiger partial charge in [-0.05, 0) is 68.7 Å². The Kier molecular flexibility index (Phi) is 7.80. The van der Waals surface area contributed by atoms with Crippen molar-refractivity contribution in [1.29, 1.82) is 0 Å². The van der Waals surface area contributed by atoms with Crippen LogP contribution < -0.4 is 5.32 Å². The van der Waals surface area contributed by atoms with Crippen molar-refractivity contribution in [3.63, 3.8) is 0 Å². The number of hydrogen-bond acceptors (Lipinski definition) is 5. The predicted octanol–water partition coefficient (Wildman–Crippen LogP) is 2.73. The number of nitrogens with zero attached hydrogens (tertiary/aromatic N) is 2. The summed E-state index contributed by atoms with van der Waals surface area (Å²) in [5, 5.41) is 2.83. The fraction of sp³-hybridized carbons (Fsp3) is 0.440. The molecule has 1 heterocycles. The molecule has 34 heavy (non-hydrogen) atoms. The van der Waals surface area contributed by atoms with E-state index in [0.29, 0.717) is 24.2 Å². The van der Waals surface area contributed by atoms with Crippen LogP contribution in [-0.2, 0) is 21.3 Å². The van der Waals surface area contributed by atoms with Crippen LogP contribution in [0.5, 0.6) is 0 Å². The lowest BCUT2D eigenvalue weighted by Gasteiger charge is -2.35. The Morgan fingerprint density at radius 2 is 1.62 bits per heavy atom. The smallest absolute Gasteiger partial charge is 0.254 e. The minimum absolute atomic E-state index is 0.000764. The lowest BCUT2D eigenvalue weighted by molar-refractivity contribution is -0.0586. The maximum Gasteiger partial charge on any atom is 0.254 e. The van der Waals surface area contributed by atoms with Crippen LogP contribution in [0, 0.1) is 13.8 Å². The van der Waals surface area contributed by atoms with Crippen LogP contribution in [0.4, 0.5) is 0 Å². The number of carbonyl (C=O) groups is 2. The third kappa shape index (κ3) is 5.65. The van der Waals surface area contributed by atoms with Crippen LogP contribution in [0.1, 0.15) is 51.3 Å². The molecule has 8 nitrogen and oxygen atoms in total. The van der Waals surface area contributed by atoms with Crippen LogP contribution in [0.15, 0.2) is 41.3 Å². The highest BCUT2D eigenvalue weighted by molar-refractivity contribution is 7.89. The monoisotopic (exact) mass is 487 g/mol. The van der Waals surface area contributed by atoms with E-state index in [1.54, 1.807) is 36.9 Å². The zero-order chi connectivity index (χ0) is 25.2. The highest BCUT2D eigenvalue weighted by Crippen LogP contribution is 2.23. The summed E-state index contributed by atoms with van der Waals surface area (Å²) in [5.41, 5.74) is 3.05. The second-order valence-corrected chi connectivity index (χ2v) is 11.2. The Morgan fingerprint density at radius 3 is 2.18 bits per heavy atom. The van der Waals surface area contributed by atoms with Crippen molar-refractivity contribution in [3.05, 3.63) is 64.2 Å². The first-order chi connectivity index (χ1) is 15.9. The Labute approximate surface area is 201 Å². The molecular formula is C25H33N3O5S. The summed E-state index contributed by atoms with van der Waals surface area (Å²) in [6, 6.07) is 10.2. The molecule has 2 amide bonds. The summed E-state index contributed by atoms with van der Waals surface area (Å²) in [7, 11) is -0.745. The first-order valence-corrected chi connectivity index (χ1v) is 12.7. The van der Waals surface area contributed by atoms with E-state index >= 15 is 0 Å². The van der Waals surface area contributed by atoms with Crippen molar-refractivity contribution in [2.24, 2.45) is 0 Å². The maximum atomic E-state index is 12.8. The summed E-state index contributed by atoms with van der Waals surface area (Å²) in [6.07, 6.45) is 0.00153. The lowest BCUT2D eigenvalue weighted by atomic mass is 10.1. The van der Waals surface area contributed by atoms with Crippen LogP contribution in [0.2, 0.25) is 0 Å². The SMILES string of the molecule is Cc1cc(C(=O)NCc2ccc(C(=O)N3CC(C)OC(C)C3)cc2)cc(S(=O)(=O)N(C)C)c1C. The topological polar surface area (TPSA) is 96.0 Å². The molecule has 1 saturated heterocycles. The number of ether oxygens (including phenoxy) is 1. The largest absolute Gasteiger partial charge is 0.372 e. The molecule has 0 radical (unpaired) electrons. The molecule has 0 saturated carbocycles. The average molecular weight is 488 g/mol. The van der Waals surface area contributed by atoms with E-state index in [1.807, 2.05) is 26.0 Å². The minimum atomic E-state index is -3.67. The van der Waals surface area contributed by atoms with Gasteiger partial charge in [0.15, 0.2) is 0 Å². The van der Waals surface area contributed by atoms with Crippen molar-refractivity contribution in [2.45, 2.75) is 51.3 Å². The van der Waals surface area contributed by atoms with E-state index in [9.17, 15) is 18.0 Å². The average Bonchev–Trinajstić information content (AvgIpc) is 2.78. The summed E-state index contributed by atoms with van der Waals surface area (Å²) >= 11 is 0. The molecule has 0 aromatic heterocycles. The molecule has 2 aromatic rings. The van der Waals surface area contributed by atoms with Crippen LogP contribution in [0.25, 0.3) is 0 Å². The van der Waals surface area contributed by atoms with Gasteiger partial charge in [-0.15, -0.1) is 0 Å². The third-order valence-corrected chi connectivity index (χ3v) is 7.94. The number of amides is 2. The lowest BCUT2D eigenvalue weighted by Crippen LogP contribution is -2.48. The number of sulfonamides is 1. The number of benzene rings is 2. The summed E-state index contributed by atoms with van der Waals surface area (Å²) in [5.74, 6) is -0.405. The zero-order valence-corrected chi connectivity index (χ0v) is 21.4. The first-order valence-electron chi connectivity index (χ1n) is 11.3. The number of nitrogens with one attached hydrogen (secondary N) is 1. The van der Waals surface area contributed by atoms with Crippen molar-refractivity contribution in [3.8, 4) is 0 Å². The number of morpholine rings is 1. The Hall–Kier alpha value is -2.75. The number of rotatable bonds is 6. The molecule has 1 aliphatic rings. The van der Waals surface area contributed by atoms with Gasteiger partial charge in [0.2, 0.25) is 10.0 Å². The molecule has 1 aliphatic heterocycles. The van der Waals surface area contributed by atoms with Gasteiger partial charge in [0.25, 0.3) is 11.8 Å². The minimum Gasteiger partial charge on any atom is -0.372 e. The molecule has 9 heteroatoms. The second-order valence-electron chi connectivity index (χ2n) is 9.05. The first kappa shape index (κ1) is 25.9. The normalized spacial score (nSPS) is 18.7. The zero-order valence-electron chi connectivity index (χ0n) is 20.6. The number of hydrogen-bond donors (Lipinski definition) is 1. The molecule has 0 spiro atoms. The highest BCUT2D eigenvalue weighted by Gasteiger charge is 2.26. The van der Waals surface area contributed by atoms with Gasteiger partial charge in [-0.1, -0.05) is 12.1 Å². The van der Waals surface area contributed by atoms with Gasteiger partial charge in [-0.25, -0.2) is 12.7 Å². The Bertz CT molecular complexity index is 1170. The Balaban J connectivity index is 1.69. The van der Waals surface area contributed by atoms with Crippen LogP contribution in [0.3, 0.4) is 0 Å². The molecule has 2 unspecified atom stereocenters.